The van der Waals surface area contributed by atoms with Crippen molar-refractivity contribution in [2.45, 2.75) is 39.0 Å². The topological polar surface area (TPSA) is 38.0 Å². The molecule has 0 amide bonds. The maximum atomic E-state index is 12.9. The number of nitrogens with two attached hydrogens (primary N) is 1. The number of benzene rings is 1. The predicted octanol–water partition coefficient (Wildman–Crippen LogP) is 3.59. The molecule has 1 unspecified atom stereocenters. The Morgan fingerprint density at radius 3 is 2.20 bits per heavy atom. The largest absolute Gasteiger partial charge is 0.416 e. The highest BCUT2D eigenvalue weighted by molar-refractivity contribution is 5.85. The van der Waals surface area contributed by atoms with E-state index in [0.717, 1.165) is 6.07 Å². The fraction of sp³-hybridized carbons (Fsp3) is 0.571. The first-order valence-electron chi connectivity index (χ1n) is 6.31. The van der Waals surface area contributed by atoms with Crippen LogP contribution < -0.4 is 11.1 Å². The molecule has 1 aromatic carbocycles. The van der Waals surface area contributed by atoms with Gasteiger partial charge in [0.25, 0.3) is 0 Å². The van der Waals surface area contributed by atoms with Crippen LogP contribution in [0.2, 0.25) is 0 Å². The molecule has 2 nitrogen and oxygen atoms in total. The summed E-state index contributed by atoms with van der Waals surface area (Å²) in [5, 5.41) is 3.15. The molecule has 0 saturated carbocycles. The van der Waals surface area contributed by atoms with Crippen molar-refractivity contribution in [3.63, 3.8) is 0 Å². The van der Waals surface area contributed by atoms with Crippen LogP contribution in [-0.2, 0) is 12.7 Å². The second-order valence-corrected chi connectivity index (χ2v) is 5.28. The van der Waals surface area contributed by atoms with E-state index in [-0.39, 0.29) is 36.0 Å². The number of alkyl halides is 3. The number of hydrogen-bond acceptors (Lipinski definition) is 2. The maximum absolute atomic E-state index is 12.9. The van der Waals surface area contributed by atoms with Crippen molar-refractivity contribution < 1.29 is 13.2 Å². The molecule has 1 aromatic rings. The van der Waals surface area contributed by atoms with Gasteiger partial charge in [0.2, 0.25) is 0 Å². The lowest BCUT2D eigenvalue weighted by molar-refractivity contribution is -0.138. The minimum Gasteiger partial charge on any atom is -0.329 e. The van der Waals surface area contributed by atoms with E-state index in [0.29, 0.717) is 6.54 Å². The van der Waals surface area contributed by atoms with Gasteiger partial charge in [-0.15, -0.1) is 12.4 Å². The van der Waals surface area contributed by atoms with Gasteiger partial charge < -0.3 is 11.1 Å². The molecule has 3 N–H and O–H groups in total. The lowest BCUT2D eigenvalue weighted by Crippen LogP contribution is -2.52. The molecule has 0 radical (unpaired) electrons. The van der Waals surface area contributed by atoms with E-state index in [1.807, 2.05) is 20.8 Å². The van der Waals surface area contributed by atoms with Gasteiger partial charge in [-0.2, -0.15) is 13.2 Å². The van der Waals surface area contributed by atoms with Gasteiger partial charge in [-0.05, 0) is 24.5 Å². The second-order valence-electron chi connectivity index (χ2n) is 5.28. The Labute approximate surface area is 124 Å². The fourth-order valence-electron chi connectivity index (χ4n) is 1.76. The van der Waals surface area contributed by atoms with Gasteiger partial charge in [0, 0.05) is 18.6 Å². The first-order valence-corrected chi connectivity index (χ1v) is 6.31. The van der Waals surface area contributed by atoms with Crippen molar-refractivity contribution in [3.05, 3.63) is 35.4 Å². The minimum absolute atomic E-state index is 0. The highest BCUT2D eigenvalue weighted by atomic mass is 35.5. The van der Waals surface area contributed by atoms with Crippen LogP contribution in [0.1, 0.15) is 31.9 Å². The standard InChI is InChI=1S/C14H21F3N2.ClH/c1-10(2)13(3,9-18)19-8-11-6-4-5-7-12(11)14(15,16)17;/h4-7,10,19H,8-9,18H2,1-3H3;1H. The van der Waals surface area contributed by atoms with Gasteiger partial charge >= 0.3 is 6.18 Å². The van der Waals surface area contributed by atoms with Gasteiger partial charge in [-0.25, -0.2) is 0 Å². The molecule has 0 aliphatic heterocycles. The molecule has 0 aliphatic rings. The predicted molar refractivity (Wildman–Crippen MR) is 77.8 cm³/mol. The van der Waals surface area contributed by atoms with Crippen LogP contribution in [0.25, 0.3) is 0 Å². The summed E-state index contributed by atoms with van der Waals surface area (Å²) < 4.78 is 38.6. The van der Waals surface area contributed by atoms with Crippen molar-refractivity contribution in [1.29, 1.82) is 0 Å². The molecule has 0 bridgehead atoms. The zero-order chi connectivity index (χ0) is 14.7. The average molecular weight is 311 g/mol. The smallest absolute Gasteiger partial charge is 0.329 e. The van der Waals surface area contributed by atoms with E-state index in [4.69, 9.17) is 5.73 Å². The Bertz CT molecular complexity index is 421. The van der Waals surface area contributed by atoms with E-state index >= 15 is 0 Å². The number of halogens is 4. The molecule has 0 aliphatic carbocycles. The SMILES string of the molecule is CC(C)C(C)(CN)NCc1ccccc1C(F)(F)F.Cl. The van der Waals surface area contributed by atoms with Crippen molar-refractivity contribution in [3.8, 4) is 0 Å². The summed E-state index contributed by atoms with van der Waals surface area (Å²) in [6.45, 7) is 6.44. The summed E-state index contributed by atoms with van der Waals surface area (Å²) in [5.74, 6) is 0.232. The van der Waals surface area contributed by atoms with Crippen LogP contribution in [0, 0.1) is 5.92 Å². The van der Waals surface area contributed by atoms with Crippen LogP contribution in [0.5, 0.6) is 0 Å². The quantitative estimate of drug-likeness (QED) is 0.872. The van der Waals surface area contributed by atoms with Crippen molar-refractivity contribution in [1.82, 2.24) is 5.32 Å². The highest BCUT2D eigenvalue weighted by Gasteiger charge is 2.33. The third kappa shape index (κ3) is 4.65. The normalized spacial score (nSPS) is 14.8. The zero-order valence-electron chi connectivity index (χ0n) is 11.9. The van der Waals surface area contributed by atoms with Gasteiger partial charge in [0.1, 0.15) is 0 Å². The molecular weight excluding hydrogens is 289 g/mol. The van der Waals surface area contributed by atoms with Crippen LogP contribution in [0.4, 0.5) is 13.2 Å². The van der Waals surface area contributed by atoms with Crippen LogP contribution >= 0.6 is 12.4 Å². The third-order valence-corrected chi connectivity index (χ3v) is 3.70. The number of hydrogen-bond donors (Lipinski definition) is 2. The Morgan fingerprint density at radius 1 is 1.20 bits per heavy atom. The molecule has 1 atom stereocenters. The Morgan fingerprint density at radius 2 is 1.75 bits per heavy atom. The first kappa shape index (κ1) is 19.2. The Kier molecular flexibility index (Phi) is 7.01. The van der Waals surface area contributed by atoms with Gasteiger partial charge in [-0.3, -0.25) is 0 Å². The molecule has 0 aromatic heterocycles. The summed E-state index contributed by atoms with van der Waals surface area (Å²) in [6, 6.07) is 5.61. The maximum Gasteiger partial charge on any atom is 0.416 e. The molecule has 6 heteroatoms. The first-order chi connectivity index (χ1) is 8.70. The second kappa shape index (κ2) is 7.29. The van der Waals surface area contributed by atoms with E-state index in [9.17, 15) is 13.2 Å². The number of nitrogens with one attached hydrogen (secondary N) is 1. The fourth-order valence-corrected chi connectivity index (χ4v) is 1.76. The summed E-state index contributed by atoms with van der Waals surface area (Å²) in [5.41, 5.74) is 4.99. The van der Waals surface area contributed by atoms with Crippen LogP contribution in [0.3, 0.4) is 0 Å². The Hall–Kier alpha value is -0.780. The molecule has 0 fully saturated rings. The molecular formula is C14H22ClF3N2. The minimum atomic E-state index is -4.32. The summed E-state index contributed by atoms with van der Waals surface area (Å²) in [4.78, 5) is 0. The molecule has 1 rings (SSSR count). The van der Waals surface area contributed by atoms with Gasteiger partial charge in [0.15, 0.2) is 0 Å². The molecule has 116 valence electrons. The van der Waals surface area contributed by atoms with E-state index < -0.39 is 11.7 Å². The molecule has 0 heterocycles. The van der Waals surface area contributed by atoms with Crippen molar-refractivity contribution in [2.75, 3.05) is 6.54 Å². The summed E-state index contributed by atoms with van der Waals surface area (Å²) in [7, 11) is 0. The molecule has 0 saturated heterocycles. The lowest BCUT2D eigenvalue weighted by Gasteiger charge is -2.34. The van der Waals surface area contributed by atoms with E-state index in [1.54, 1.807) is 6.07 Å². The molecule has 20 heavy (non-hydrogen) atoms. The van der Waals surface area contributed by atoms with E-state index in [1.165, 1.54) is 12.1 Å². The lowest BCUT2D eigenvalue weighted by atomic mass is 9.88. The van der Waals surface area contributed by atoms with Crippen LogP contribution in [0.15, 0.2) is 24.3 Å². The monoisotopic (exact) mass is 310 g/mol. The van der Waals surface area contributed by atoms with Crippen LogP contribution in [-0.4, -0.2) is 12.1 Å². The highest BCUT2D eigenvalue weighted by Crippen LogP contribution is 2.32. The summed E-state index contributed by atoms with van der Waals surface area (Å²) >= 11 is 0. The zero-order valence-corrected chi connectivity index (χ0v) is 12.7. The van der Waals surface area contributed by atoms with Gasteiger partial charge in [-0.1, -0.05) is 32.0 Å². The third-order valence-electron chi connectivity index (χ3n) is 3.70. The average Bonchev–Trinajstić information content (AvgIpc) is 2.35. The van der Waals surface area contributed by atoms with Crippen molar-refractivity contribution >= 4 is 12.4 Å². The van der Waals surface area contributed by atoms with Gasteiger partial charge in [0.05, 0.1) is 5.56 Å². The Balaban J connectivity index is 0.00000361. The van der Waals surface area contributed by atoms with Crippen molar-refractivity contribution in [2.24, 2.45) is 11.7 Å². The molecule has 0 spiro atoms. The summed E-state index contributed by atoms with van der Waals surface area (Å²) in [6.07, 6.45) is -4.32. The van der Waals surface area contributed by atoms with E-state index in [2.05, 4.69) is 5.32 Å². The number of rotatable bonds is 5.